The van der Waals surface area contributed by atoms with Crippen LogP contribution in [0, 0.1) is 5.92 Å². The Morgan fingerprint density at radius 2 is 2.57 bits per heavy atom. The van der Waals surface area contributed by atoms with E-state index >= 15 is 0 Å². The monoisotopic (exact) mass is 198 g/mol. The highest BCUT2D eigenvalue weighted by Gasteiger charge is 2.38. The van der Waals surface area contributed by atoms with Gasteiger partial charge in [-0.3, -0.25) is 0 Å². The fourth-order valence-electron chi connectivity index (χ4n) is 1.83. The Labute approximate surface area is 82.8 Å². The van der Waals surface area contributed by atoms with Gasteiger partial charge in [0.2, 0.25) is 6.29 Å². The van der Waals surface area contributed by atoms with Crippen LogP contribution in [0.4, 0.5) is 0 Å². The Balaban J connectivity index is 2.02. The molecule has 2 rings (SSSR count). The lowest BCUT2D eigenvalue weighted by molar-refractivity contribution is -0.147. The van der Waals surface area contributed by atoms with Gasteiger partial charge in [0, 0.05) is 0 Å². The van der Waals surface area contributed by atoms with Gasteiger partial charge in [0.1, 0.15) is 0 Å². The van der Waals surface area contributed by atoms with Gasteiger partial charge in [0.25, 0.3) is 0 Å². The number of hydrogen-bond donors (Lipinski definition) is 0. The molecule has 14 heavy (non-hydrogen) atoms. The van der Waals surface area contributed by atoms with E-state index in [1.165, 1.54) is 6.26 Å². The van der Waals surface area contributed by atoms with Crippen LogP contribution in [-0.4, -0.2) is 25.5 Å². The molecule has 4 heteroatoms. The van der Waals surface area contributed by atoms with Crippen molar-refractivity contribution in [1.29, 1.82) is 0 Å². The number of ether oxygens (including phenoxy) is 3. The first kappa shape index (κ1) is 9.52. The largest absolute Gasteiger partial charge is 0.471 e. The van der Waals surface area contributed by atoms with E-state index in [2.05, 4.69) is 0 Å². The molecule has 0 amide bonds. The molecule has 0 aromatic heterocycles. The fraction of sp³-hybridized carbons (Fsp3) is 0.700. The van der Waals surface area contributed by atoms with E-state index in [0.717, 1.165) is 12.8 Å². The van der Waals surface area contributed by atoms with Gasteiger partial charge in [0.05, 0.1) is 31.0 Å². The van der Waals surface area contributed by atoms with Crippen molar-refractivity contribution in [1.82, 2.24) is 0 Å². The van der Waals surface area contributed by atoms with Crippen LogP contribution in [0.3, 0.4) is 0 Å². The van der Waals surface area contributed by atoms with E-state index in [1.54, 1.807) is 6.92 Å². The van der Waals surface area contributed by atoms with E-state index in [4.69, 9.17) is 14.2 Å². The van der Waals surface area contributed by atoms with Crippen molar-refractivity contribution in [2.24, 2.45) is 5.92 Å². The van der Waals surface area contributed by atoms with E-state index in [0.29, 0.717) is 18.8 Å². The maximum atomic E-state index is 11.5. The second-order valence-electron chi connectivity index (χ2n) is 3.42. The summed E-state index contributed by atoms with van der Waals surface area (Å²) in [6, 6.07) is 0. The van der Waals surface area contributed by atoms with Crippen molar-refractivity contribution in [3.05, 3.63) is 11.8 Å². The van der Waals surface area contributed by atoms with Crippen molar-refractivity contribution in [2.75, 3.05) is 13.2 Å². The zero-order valence-electron chi connectivity index (χ0n) is 8.19. The highest BCUT2D eigenvalue weighted by atomic mass is 16.7. The van der Waals surface area contributed by atoms with Crippen molar-refractivity contribution in [3.63, 3.8) is 0 Å². The van der Waals surface area contributed by atoms with Crippen molar-refractivity contribution >= 4 is 5.97 Å². The van der Waals surface area contributed by atoms with Crippen LogP contribution in [0.2, 0.25) is 0 Å². The van der Waals surface area contributed by atoms with Crippen LogP contribution in [0.5, 0.6) is 0 Å². The van der Waals surface area contributed by atoms with Crippen molar-refractivity contribution in [3.8, 4) is 0 Å². The molecule has 0 N–H and O–H groups in total. The second-order valence-corrected chi connectivity index (χ2v) is 3.42. The molecule has 1 saturated heterocycles. The molecule has 4 nitrogen and oxygen atoms in total. The lowest BCUT2D eigenvalue weighted by Gasteiger charge is -2.25. The predicted octanol–water partition coefficient (Wildman–Crippen LogP) is 1.22. The number of fused-ring (bicyclic) bond motifs is 1. The first-order valence-corrected chi connectivity index (χ1v) is 4.97. The van der Waals surface area contributed by atoms with Gasteiger partial charge < -0.3 is 14.2 Å². The number of rotatable bonds is 2. The molecule has 1 fully saturated rings. The Bertz CT molecular complexity index is 259. The Morgan fingerprint density at radius 3 is 3.36 bits per heavy atom. The molecule has 0 bridgehead atoms. The lowest BCUT2D eigenvalue weighted by atomic mass is 9.94. The molecular weight excluding hydrogens is 184 g/mol. The standard InChI is InChI=1S/C10H14O4/c1-2-12-9(11)8-6-14-10-7(8)4-3-5-13-10/h6-7,10H,2-5H2,1H3/t7-,10+/m1/s1. The molecule has 0 aliphatic carbocycles. The maximum absolute atomic E-state index is 11.5. The molecule has 2 aliphatic rings. The first-order valence-electron chi connectivity index (χ1n) is 4.97. The molecule has 2 heterocycles. The molecule has 2 aliphatic heterocycles. The molecular formula is C10H14O4. The zero-order valence-corrected chi connectivity index (χ0v) is 8.19. The maximum Gasteiger partial charge on any atom is 0.337 e. The Morgan fingerprint density at radius 1 is 1.71 bits per heavy atom. The quantitative estimate of drug-likeness (QED) is 0.626. The van der Waals surface area contributed by atoms with Crippen LogP contribution in [0.1, 0.15) is 19.8 Å². The summed E-state index contributed by atoms with van der Waals surface area (Å²) < 4.78 is 15.6. The minimum Gasteiger partial charge on any atom is -0.471 e. The topological polar surface area (TPSA) is 44.8 Å². The van der Waals surface area contributed by atoms with Gasteiger partial charge in [-0.2, -0.15) is 0 Å². The number of carbonyl (C=O) groups is 1. The van der Waals surface area contributed by atoms with Gasteiger partial charge in [-0.25, -0.2) is 4.79 Å². The van der Waals surface area contributed by atoms with Gasteiger partial charge >= 0.3 is 5.97 Å². The summed E-state index contributed by atoms with van der Waals surface area (Å²) in [7, 11) is 0. The summed E-state index contributed by atoms with van der Waals surface area (Å²) in [6.07, 6.45) is 3.14. The SMILES string of the molecule is CCOC(=O)C1=CO[C@@H]2OCCC[C@H]12. The second kappa shape index (κ2) is 4.00. The number of carbonyl (C=O) groups excluding carboxylic acids is 1. The average molecular weight is 198 g/mol. The van der Waals surface area contributed by atoms with Crippen LogP contribution in [0.25, 0.3) is 0 Å². The smallest absolute Gasteiger partial charge is 0.337 e. The molecule has 0 radical (unpaired) electrons. The van der Waals surface area contributed by atoms with Gasteiger partial charge in [-0.05, 0) is 19.8 Å². The van der Waals surface area contributed by atoms with Crippen molar-refractivity contribution < 1.29 is 19.0 Å². The molecule has 0 aromatic rings. The normalized spacial score (nSPS) is 30.2. The summed E-state index contributed by atoms with van der Waals surface area (Å²) in [5.41, 5.74) is 0.622. The lowest BCUT2D eigenvalue weighted by Crippen LogP contribution is -2.30. The zero-order chi connectivity index (χ0) is 9.97. The highest BCUT2D eigenvalue weighted by molar-refractivity contribution is 5.89. The van der Waals surface area contributed by atoms with Gasteiger partial charge in [-0.1, -0.05) is 0 Å². The molecule has 0 spiro atoms. The molecule has 0 unspecified atom stereocenters. The Hall–Kier alpha value is -1.03. The predicted molar refractivity (Wildman–Crippen MR) is 48.3 cm³/mol. The van der Waals surface area contributed by atoms with Gasteiger partial charge in [0.15, 0.2) is 0 Å². The third-order valence-electron chi connectivity index (χ3n) is 2.51. The Kier molecular flexibility index (Phi) is 2.72. The number of hydrogen-bond acceptors (Lipinski definition) is 4. The third kappa shape index (κ3) is 1.62. The summed E-state index contributed by atoms with van der Waals surface area (Å²) in [6.45, 7) is 2.91. The van der Waals surface area contributed by atoms with Crippen LogP contribution in [-0.2, 0) is 19.0 Å². The highest BCUT2D eigenvalue weighted by Crippen LogP contribution is 2.34. The van der Waals surface area contributed by atoms with Gasteiger partial charge in [-0.15, -0.1) is 0 Å². The van der Waals surface area contributed by atoms with Crippen molar-refractivity contribution in [2.45, 2.75) is 26.1 Å². The van der Waals surface area contributed by atoms with Crippen LogP contribution >= 0.6 is 0 Å². The summed E-state index contributed by atoms with van der Waals surface area (Å²) >= 11 is 0. The first-order chi connectivity index (χ1) is 6.83. The summed E-state index contributed by atoms with van der Waals surface area (Å²) in [5, 5.41) is 0. The van der Waals surface area contributed by atoms with E-state index in [9.17, 15) is 4.79 Å². The molecule has 0 saturated carbocycles. The van der Waals surface area contributed by atoms with Crippen LogP contribution < -0.4 is 0 Å². The van der Waals surface area contributed by atoms with E-state index < -0.39 is 0 Å². The van der Waals surface area contributed by atoms with Crippen LogP contribution in [0.15, 0.2) is 11.8 Å². The van der Waals surface area contributed by atoms with E-state index in [-0.39, 0.29) is 18.2 Å². The molecule has 0 aromatic carbocycles. The fourth-order valence-corrected chi connectivity index (χ4v) is 1.83. The minimum absolute atomic E-state index is 0.0720. The third-order valence-corrected chi connectivity index (χ3v) is 2.51. The summed E-state index contributed by atoms with van der Waals surface area (Å²) in [5.74, 6) is -0.201. The summed E-state index contributed by atoms with van der Waals surface area (Å²) in [4.78, 5) is 11.5. The molecule has 78 valence electrons. The number of esters is 1. The minimum atomic E-state index is -0.273. The molecule has 2 atom stereocenters. The average Bonchev–Trinajstić information content (AvgIpc) is 2.61. The van der Waals surface area contributed by atoms with E-state index in [1.807, 2.05) is 0 Å².